The molecular formula is C8H18ClN3OS. The van der Waals surface area contributed by atoms with E-state index in [-0.39, 0.29) is 17.6 Å². The Labute approximate surface area is 95.5 Å². The molecule has 1 rings (SSSR count). The molecule has 0 aromatic heterocycles. The molecule has 0 aliphatic carbocycles. The van der Waals surface area contributed by atoms with Crippen LogP contribution in [0.15, 0.2) is 0 Å². The Balaban J connectivity index is 0.00000169. The number of ether oxygens (including phenoxy) is 1. The minimum absolute atomic E-state index is 0. The standard InChI is InChI=1S/C8H17N3OS.ClH/c9-8(10)13-7-1-2-11-3-5-12-6-4-11;/h1-7H2,(H3,9,10);1H. The minimum atomic E-state index is 0. The molecule has 0 amide bonds. The van der Waals surface area contributed by atoms with Crippen molar-refractivity contribution in [2.24, 2.45) is 5.73 Å². The third-order valence-corrected chi connectivity index (χ3v) is 2.78. The van der Waals surface area contributed by atoms with Gasteiger partial charge in [0.15, 0.2) is 5.17 Å². The van der Waals surface area contributed by atoms with Crippen LogP contribution < -0.4 is 5.73 Å². The molecule has 0 radical (unpaired) electrons. The fourth-order valence-corrected chi connectivity index (χ4v) is 1.79. The van der Waals surface area contributed by atoms with Gasteiger partial charge in [-0.15, -0.1) is 12.4 Å². The topological polar surface area (TPSA) is 62.3 Å². The first-order valence-corrected chi connectivity index (χ1v) is 5.54. The van der Waals surface area contributed by atoms with E-state index in [1.165, 1.54) is 11.8 Å². The lowest BCUT2D eigenvalue weighted by Crippen LogP contribution is -2.37. The lowest BCUT2D eigenvalue weighted by atomic mass is 10.4. The van der Waals surface area contributed by atoms with Crippen LogP contribution in [0.4, 0.5) is 0 Å². The second kappa shape index (κ2) is 8.35. The Morgan fingerprint density at radius 2 is 2.07 bits per heavy atom. The van der Waals surface area contributed by atoms with Gasteiger partial charge >= 0.3 is 0 Å². The van der Waals surface area contributed by atoms with Crippen molar-refractivity contribution < 1.29 is 4.74 Å². The largest absolute Gasteiger partial charge is 0.379 e. The minimum Gasteiger partial charge on any atom is -0.379 e. The first kappa shape index (κ1) is 14.0. The third kappa shape index (κ3) is 6.48. The van der Waals surface area contributed by atoms with E-state index in [0.29, 0.717) is 0 Å². The molecule has 0 bridgehead atoms. The summed E-state index contributed by atoms with van der Waals surface area (Å²) in [5.74, 6) is 0.951. The number of hydrogen-bond donors (Lipinski definition) is 2. The number of rotatable bonds is 4. The first-order valence-electron chi connectivity index (χ1n) is 4.56. The van der Waals surface area contributed by atoms with Crippen molar-refractivity contribution in [3.63, 3.8) is 0 Å². The number of halogens is 1. The summed E-state index contributed by atoms with van der Waals surface area (Å²) in [5, 5.41) is 7.25. The molecule has 4 nitrogen and oxygen atoms in total. The quantitative estimate of drug-likeness (QED) is 0.432. The second-order valence-corrected chi connectivity index (χ2v) is 4.16. The maximum Gasteiger partial charge on any atom is 0.151 e. The van der Waals surface area contributed by atoms with Gasteiger partial charge in [-0.25, -0.2) is 0 Å². The fourth-order valence-electron chi connectivity index (χ4n) is 1.30. The van der Waals surface area contributed by atoms with Gasteiger partial charge in [0, 0.05) is 18.8 Å². The zero-order valence-electron chi connectivity index (χ0n) is 8.20. The molecule has 1 heterocycles. The highest BCUT2D eigenvalue weighted by Crippen LogP contribution is 2.03. The van der Waals surface area contributed by atoms with Crippen LogP contribution in [0, 0.1) is 5.41 Å². The van der Waals surface area contributed by atoms with E-state index in [4.69, 9.17) is 15.9 Å². The van der Waals surface area contributed by atoms with Crippen LogP contribution in [0.2, 0.25) is 0 Å². The summed E-state index contributed by atoms with van der Waals surface area (Å²) in [5.41, 5.74) is 5.22. The summed E-state index contributed by atoms with van der Waals surface area (Å²) in [6, 6.07) is 0. The van der Waals surface area contributed by atoms with Gasteiger partial charge in [-0.2, -0.15) is 0 Å². The van der Waals surface area contributed by atoms with Gasteiger partial charge in [-0.05, 0) is 13.0 Å². The zero-order chi connectivity index (χ0) is 9.52. The highest BCUT2D eigenvalue weighted by atomic mass is 35.5. The molecule has 0 aromatic carbocycles. The molecule has 0 spiro atoms. The van der Waals surface area contributed by atoms with Crippen LogP contribution in [0.1, 0.15) is 6.42 Å². The van der Waals surface area contributed by atoms with Gasteiger partial charge in [0.1, 0.15) is 0 Å². The molecule has 1 saturated heterocycles. The molecule has 3 N–H and O–H groups in total. The normalized spacial score (nSPS) is 17.4. The Kier molecular flexibility index (Phi) is 8.37. The number of morpholine rings is 1. The van der Waals surface area contributed by atoms with Gasteiger partial charge in [0.05, 0.1) is 13.2 Å². The van der Waals surface area contributed by atoms with Crippen LogP contribution >= 0.6 is 24.2 Å². The van der Waals surface area contributed by atoms with Crippen molar-refractivity contribution in [1.82, 2.24) is 4.90 Å². The van der Waals surface area contributed by atoms with Gasteiger partial charge in [-0.1, -0.05) is 11.8 Å². The van der Waals surface area contributed by atoms with Crippen molar-refractivity contribution in [2.45, 2.75) is 6.42 Å². The molecule has 0 atom stereocenters. The van der Waals surface area contributed by atoms with Crippen LogP contribution in [0.3, 0.4) is 0 Å². The number of nitrogens with zero attached hydrogens (tertiary/aromatic N) is 1. The van der Waals surface area contributed by atoms with E-state index in [2.05, 4.69) is 4.90 Å². The Morgan fingerprint density at radius 1 is 1.43 bits per heavy atom. The molecule has 0 aromatic rings. The Bertz CT molecular complexity index is 165. The van der Waals surface area contributed by atoms with E-state index >= 15 is 0 Å². The van der Waals surface area contributed by atoms with Crippen LogP contribution in [-0.4, -0.2) is 48.7 Å². The molecule has 0 saturated carbocycles. The lowest BCUT2D eigenvalue weighted by molar-refractivity contribution is 0.0381. The number of thioether (sulfide) groups is 1. The predicted molar refractivity (Wildman–Crippen MR) is 63.5 cm³/mol. The highest BCUT2D eigenvalue weighted by Gasteiger charge is 2.08. The van der Waals surface area contributed by atoms with E-state index in [1.54, 1.807) is 0 Å². The van der Waals surface area contributed by atoms with Gasteiger partial charge in [0.25, 0.3) is 0 Å². The smallest absolute Gasteiger partial charge is 0.151 e. The second-order valence-electron chi connectivity index (χ2n) is 3.02. The van der Waals surface area contributed by atoms with Crippen molar-refractivity contribution in [1.29, 1.82) is 5.41 Å². The summed E-state index contributed by atoms with van der Waals surface area (Å²) in [6.45, 7) is 4.92. The van der Waals surface area contributed by atoms with Crippen LogP contribution in [-0.2, 0) is 4.74 Å². The van der Waals surface area contributed by atoms with Crippen molar-refractivity contribution >= 4 is 29.3 Å². The summed E-state index contributed by atoms with van der Waals surface area (Å²) >= 11 is 1.42. The molecule has 1 aliphatic heterocycles. The van der Waals surface area contributed by atoms with E-state index in [9.17, 15) is 0 Å². The van der Waals surface area contributed by atoms with Gasteiger partial charge in [-0.3, -0.25) is 10.3 Å². The van der Waals surface area contributed by atoms with Crippen molar-refractivity contribution in [3.05, 3.63) is 0 Å². The predicted octanol–water partition coefficient (Wildman–Crippen LogP) is 0.757. The number of nitrogens with two attached hydrogens (primary N) is 1. The summed E-state index contributed by atoms with van der Waals surface area (Å²) in [7, 11) is 0. The van der Waals surface area contributed by atoms with E-state index in [0.717, 1.165) is 45.0 Å². The summed E-state index contributed by atoms with van der Waals surface area (Å²) in [6.07, 6.45) is 1.10. The number of nitrogens with one attached hydrogen (secondary N) is 1. The maximum absolute atomic E-state index is 7.02. The molecule has 1 aliphatic rings. The zero-order valence-corrected chi connectivity index (χ0v) is 9.83. The molecule has 14 heavy (non-hydrogen) atoms. The first-order chi connectivity index (χ1) is 6.29. The average molecular weight is 240 g/mol. The van der Waals surface area contributed by atoms with Crippen molar-refractivity contribution in [2.75, 3.05) is 38.6 Å². The fraction of sp³-hybridized carbons (Fsp3) is 0.875. The third-order valence-electron chi connectivity index (χ3n) is 1.98. The number of amidine groups is 1. The van der Waals surface area contributed by atoms with Crippen molar-refractivity contribution in [3.8, 4) is 0 Å². The summed E-state index contributed by atoms with van der Waals surface area (Å²) in [4.78, 5) is 2.39. The SMILES string of the molecule is Cl.N=C(N)SCCCN1CCOCC1. The molecular weight excluding hydrogens is 222 g/mol. The molecule has 1 fully saturated rings. The molecule has 6 heteroatoms. The average Bonchev–Trinajstić information content (AvgIpc) is 2.14. The monoisotopic (exact) mass is 239 g/mol. The summed E-state index contributed by atoms with van der Waals surface area (Å²) < 4.78 is 5.24. The number of hydrogen-bond acceptors (Lipinski definition) is 4. The molecule has 0 unspecified atom stereocenters. The Morgan fingerprint density at radius 3 is 2.64 bits per heavy atom. The Hall–Kier alpha value is 0.0300. The maximum atomic E-state index is 7.02. The lowest BCUT2D eigenvalue weighted by Gasteiger charge is -2.26. The van der Waals surface area contributed by atoms with E-state index in [1.807, 2.05) is 0 Å². The molecule has 84 valence electrons. The van der Waals surface area contributed by atoms with Crippen LogP contribution in [0.25, 0.3) is 0 Å². The highest BCUT2D eigenvalue weighted by molar-refractivity contribution is 8.13. The van der Waals surface area contributed by atoms with Crippen LogP contribution in [0.5, 0.6) is 0 Å². The van der Waals surface area contributed by atoms with Gasteiger partial charge < -0.3 is 10.5 Å². The van der Waals surface area contributed by atoms with Gasteiger partial charge in [0.2, 0.25) is 0 Å². The van der Waals surface area contributed by atoms with E-state index < -0.39 is 0 Å².